The molecule has 0 radical (unpaired) electrons. The largest absolute Gasteiger partial charge is 0.501 e. The molecule has 13 heavy (non-hydrogen) atoms. The Bertz CT molecular complexity index is 138. The molecule has 0 aromatic heterocycles. The lowest BCUT2D eigenvalue weighted by Gasteiger charge is -2.14. The van der Waals surface area contributed by atoms with Gasteiger partial charge in [0.1, 0.15) is 0 Å². The van der Waals surface area contributed by atoms with Crippen molar-refractivity contribution in [1.29, 1.82) is 0 Å². The Morgan fingerprint density at radius 3 is 2.46 bits per heavy atom. The molecule has 0 aromatic carbocycles. The number of unbranched alkanes of at least 4 members (excludes halogenated alkanes) is 1. The van der Waals surface area contributed by atoms with Crippen molar-refractivity contribution < 1.29 is 9.16 Å². The topological polar surface area (TPSA) is 18.5 Å². The molecule has 0 fully saturated rings. The van der Waals surface area contributed by atoms with Crippen LogP contribution in [0.4, 0.5) is 0 Å². The van der Waals surface area contributed by atoms with E-state index in [0.717, 1.165) is 13.0 Å². The minimum atomic E-state index is -1.34. The first-order valence-electron chi connectivity index (χ1n) is 4.97. The molecule has 0 saturated heterocycles. The SMILES string of the molecule is CCCCOC=CCO[Si](C)(C)C. The van der Waals surface area contributed by atoms with E-state index in [4.69, 9.17) is 9.16 Å². The second kappa shape index (κ2) is 7.15. The lowest BCUT2D eigenvalue weighted by Crippen LogP contribution is -2.25. The summed E-state index contributed by atoms with van der Waals surface area (Å²) in [6.07, 6.45) is 5.99. The monoisotopic (exact) mass is 202 g/mol. The van der Waals surface area contributed by atoms with Crippen LogP contribution in [0.15, 0.2) is 12.3 Å². The van der Waals surface area contributed by atoms with Gasteiger partial charge in [0.15, 0.2) is 8.32 Å². The van der Waals surface area contributed by atoms with Crippen LogP contribution in [0.25, 0.3) is 0 Å². The first-order valence-corrected chi connectivity index (χ1v) is 8.37. The minimum absolute atomic E-state index is 0.682. The van der Waals surface area contributed by atoms with Crippen LogP contribution in [0, 0.1) is 0 Å². The predicted molar refractivity (Wildman–Crippen MR) is 59.3 cm³/mol. The third kappa shape index (κ3) is 11.7. The Balaban J connectivity index is 3.22. The third-order valence-corrected chi connectivity index (χ3v) is 2.45. The van der Waals surface area contributed by atoms with Gasteiger partial charge in [-0.1, -0.05) is 13.3 Å². The zero-order valence-electron chi connectivity index (χ0n) is 9.30. The molecule has 0 amide bonds. The summed E-state index contributed by atoms with van der Waals surface area (Å²) in [5.41, 5.74) is 0. The van der Waals surface area contributed by atoms with Gasteiger partial charge in [0.05, 0.1) is 19.5 Å². The van der Waals surface area contributed by atoms with Crippen molar-refractivity contribution in [2.75, 3.05) is 13.2 Å². The van der Waals surface area contributed by atoms with Crippen LogP contribution in [0.1, 0.15) is 19.8 Å². The highest BCUT2D eigenvalue weighted by Crippen LogP contribution is 2.01. The lowest BCUT2D eigenvalue weighted by atomic mass is 10.4. The molecule has 78 valence electrons. The van der Waals surface area contributed by atoms with Crippen molar-refractivity contribution in [1.82, 2.24) is 0 Å². The summed E-state index contributed by atoms with van der Waals surface area (Å²) < 4.78 is 10.9. The average molecular weight is 202 g/mol. The van der Waals surface area contributed by atoms with Crippen LogP contribution >= 0.6 is 0 Å². The van der Waals surface area contributed by atoms with Crippen LogP contribution in [0.2, 0.25) is 19.6 Å². The maximum absolute atomic E-state index is 5.61. The van der Waals surface area contributed by atoms with Crippen LogP contribution in [-0.2, 0) is 9.16 Å². The minimum Gasteiger partial charge on any atom is -0.501 e. The van der Waals surface area contributed by atoms with E-state index in [1.54, 1.807) is 6.26 Å². The maximum Gasteiger partial charge on any atom is 0.184 e. The van der Waals surface area contributed by atoms with Gasteiger partial charge in [-0.3, -0.25) is 0 Å². The van der Waals surface area contributed by atoms with Gasteiger partial charge in [-0.15, -0.1) is 0 Å². The molecule has 0 aliphatic heterocycles. The van der Waals surface area contributed by atoms with Gasteiger partial charge < -0.3 is 9.16 Å². The van der Waals surface area contributed by atoms with Gasteiger partial charge in [-0.25, -0.2) is 0 Å². The summed E-state index contributed by atoms with van der Waals surface area (Å²) in [6, 6.07) is 0. The van der Waals surface area contributed by atoms with Crippen LogP contribution < -0.4 is 0 Å². The highest BCUT2D eigenvalue weighted by molar-refractivity contribution is 6.69. The molecule has 3 heteroatoms. The van der Waals surface area contributed by atoms with E-state index in [-0.39, 0.29) is 0 Å². The van der Waals surface area contributed by atoms with E-state index in [1.807, 2.05) is 6.08 Å². The number of ether oxygens (including phenoxy) is 1. The summed E-state index contributed by atoms with van der Waals surface area (Å²) in [5, 5.41) is 0. The Kier molecular flexibility index (Phi) is 7.00. The van der Waals surface area contributed by atoms with Crippen molar-refractivity contribution in [3.63, 3.8) is 0 Å². The van der Waals surface area contributed by atoms with E-state index >= 15 is 0 Å². The van der Waals surface area contributed by atoms with Gasteiger partial charge in [0.25, 0.3) is 0 Å². The molecule has 0 heterocycles. The smallest absolute Gasteiger partial charge is 0.184 e. The van der Waals surface area contributed by atoms with Gasteiger partial charge in [0.2, 0.25) is 0 Å². The van der Waals surface area contributed by atoms with E-state index in [1.165, 1.54) is 6.42 Å². The molecule has 0 unspecified atom stereocenters. The summed E-state index contributed by atoms with van der Waals surface area (Å²) in [6.45, 7) is 10.2. The normalized spacial score (nSPS) is 12.3. The first kappa shape index (κ1) is 12.7. The van der Waals surface area contributed by atoms with Crippen LogP contribution in [0.3, 0.4) is 0 Å². The third-order valence-electron chi connectivity index (χ3n) is 1.42. The van der Waals surface area contributed by atoms with Gasteiger partial charge in [0, 0.05) is 0 Å². The fourth-order valence-corrected chi connectivity index (χ4v) is 1.30. The Labute approximate surface area is 83.1 Å². The number of hydrogen-bond donors (Lipinski definition) is 0. The maximum atomic E-state index is 5.61. The Morgan fingerprint density at radius 1 is 1.23 bits per heavy atom. The van der Waals surface area contributed by atoms with E-state index < -0.39 is 8.32 Å². The molecule has 2 nitrogen and oxygen atoms in total. The molecule has 0 bridgehead atoms. The van der Waals surface area contributed by atoms with E-state index in [0.29, 0.717) is 6.61 Å². The summed E-state index contributed by atoms with van der Waals surface area (Å²) in [5.74, 6) is 0. The molecule has 0 N–H and O–H groups in total. The standard InChI is InChI=1S/C10H22O2Si/c1-5-6-8-11-9-7-10-12-13(2,3)4/h7,9H,5-6,8,10H2,1-4H3. The highest BCUT2D eigenvalue weighted by Gasteiger charge is 2.12. The second-order valence-corrected chi connectivity index (χ2v) is 8.53. The molecule has 0 aliphatic rings. The van der Waals surface area contributed by atoms with Gasteiger partial charge in [-0.2, -0.15) is 0 Å². The fourth-order valence-electron chi connectivity index (χ4n) is 0.701. The number of hydrogen-bond acceptors (Lipinski definition) is 2. The van der Waals surface area contributed by atoms with Crippen molar-refractivity contribution in [3.8, 4) is 0 Å². The van der Waals surface area contributed by atoms with Crippen LogP contribution in [-0.4, -0.2) is 21.5 Å². The molecule has 0 aliphatic carbocycles. The molecule has 0 spiro atoms. The summed E-state index contributed by atoms with van der Waals surface area (Å²) >= 11 is 0. The van der Waals surface area contributed by atoms with Crippen molar-refractivity contribution in [2.45, 2.75) is 39.4 Å². The van der Waals surface area contributed by atoms with Crippen molar-refractivity contribution in [3.05, 3.63) is 12.3 Å². The number of rotatable bonds is 7. The van der Waals surface area contributed by atoms with E-state index in [9.17, 15) is 0 Å². The molecule has 0 rings (SSSR count). The molecular weight excluding hydrogens is 180 g/mol. The zero-order chi connectivity index (χ0) is 10.2. The van der Waals surface area contributed by atoms with Crippen molar-refractivity contribution >= 4 is 8.32 Å². The molecular formula is C10H22O2Si. The van der Waals surface area contributed by atoms with Gasteiger partial charge >= 0.3 is 0 Å². The Morgan fingerprint density at radius 2 is 1.92 bits per heavy atom. The fraction of sp³-hybridized carbons (Fsp3) is 0.800. The molecule has 0 aromatic rings. The second-order valence-electron chi connectivity index (χ2n) is 4.02. The van der Waals surface area contributed by atoms with Gasteiger partial charge in [-0.05, 0) is 32.1 Å². The summed E-state index contributed by atoms with van der Waals surface area (Å²) in [4.78, 5) is 0. The zero-order valence-corrected chi connectivity index (χ0v) is 10.3. The first-order chi connectivity index (χ1) is 6.06. The highest BCUT2D eigenvalue weighted by atomic mass is 28.4. The van der Waals surface area contributed by atoms with Crippen LogP contribution in [0.5, 0.6) is 0 Å². The lowest BCUT2D eigenvalue weighted by molar-refractivity contribution is 0.239. The van der Waals surface area contributed by atoms with Crippen molar-refractivity contribution in [2.24, 2.45) is 0 Å². The predicted octanol–water partition coefficient (Wildman–Crippen LogP) is 3.17. The Hall–Kier alpha value is -0.283. The van der Waals surface area contributed by atoms with E-state index in [2.05, 4.69) is 26.6 Å². The molecule has 0 atom stereocenters. The molecule has 0 saturated carbocycles. The average Bonchev–Trinajstić information content (AvgIpc) is 2.01. The quantitative estimate of drug-likeness (QED) is 0.359. The summed E-state index contributed by atoms with van der Waals surface area (Å²) in [7, 11) is -1.34.